The maximum absolute atomic E-state index is 13.6. The van der Waals surface area contributed by atoms with E-state index in [0.29, 0.717) is 17.1 Å². The van der Waals surface area contributed by atoms with Gasteiger partial charge in [-0.15, -0.1) is 0 Å². The topological polar surface area (TPSA) is 57.8 Å². The number of alkyl halides is 3. The van der Waals surface area contributed by atoms with Crippen molar-refractivity contribution in [1.82, 2.24) is 4.57 Å². The Balaban J connectivity index is 1.59. The number of hydrogen-bond acceptors (Lipinski definition) is 2. The Morgan fingerprint density at radius 2 is 1.51 bits per heavy atom. The van der Waals surface area contributed by atoms with E-state index >= 15 is 0 Å². The van der Waals surface area contributed by atoms with Gasteiger partial charge in [0.25, 0.3) is 5.91 Å². The number of amides is 1. The van der Waals surface area contributed by atoms with Crippen molar-refractivity contribution in [3.05, 3.63) is 119 Å². The van der Waals surface area contributed by atoms with E-state index in [1.54, 1.807) is 44.2 Å². The molecule has 4 nitrogen and oxygen atoms in total. The molecule has 1 aromatic heterocycles. The zero-order valence-electron chi connectivity index (χ0n) is 19.1. The summed E-state index contributed by atoms with van der Waals surface area (Å²) in [7, 11) is 0. The third kappa shape index (κ3) is 4.82. The molecule has 3 aromatic carbocycles. The Hall–Kier alpha value is -4.31. The summed E-state index contributed by atoms with van der Waals surface area (Å²) < 4.78 is 42.1. The van der Waals surface area contributed by atoms with Crippen LogP contribution in [-0.4, -0.2) is 10.5 Å². The number of anilines is 1. The number of rotatable bonds is 5. The van der Waals surface area contributed by atoms with Crippen LogP contribution in [0.2, 0.25) is 0 Å². The molecule has 1 heterocycles. The summed E-state index contributed by atoms with van der Waals surface area (Å²) >= 11 is 0. The first-order valence-corrected chi connectivity index (χ1v) is 10.9. The number of para-hydroxylation sites is 1. The minimum Gasteiger partial charge on any atom is -0.322 e. The maximum Gasteiger partial charge on any atom is 0.418 e. The molecule has 0 radical (unpaired) electrons. The normalized spacial score (nSPS) is 12.1. The molecular formula is C28H22F3N3O. The predicted octanol–water partition coefficient (Wildman–Crippen LogP) is 7.02. The molecule has 0 saturated heterocycles. The van der Waals surface area contributed by atoms with Gasteiger partial charge in [-0.3, -0.25) is 4.79 Å². The van der Waals surface area contributed by atoms with Gasteiger partial charge in [-0.05, 0) is 55.3 Å². The van der Waals surface area contributed by atoms with Gasteiger partial charge in [0.2, 0.25) is 0 Å². The molecule has 0 aliphatic rings. The lowest BCUT2D eigenvalue weighted by Gasteiger charge is -2.17. The molecule has 0 saturated carbocycles. The largest absolute Gasteiger partial charge is 0.418 e. The molecular weight excluding hydrogens is 451 g/mol. The first kappa shape index (κ1) is 23.8. The molecule has 35 heavy (non-hydrogen) atoms. The summed E-state index contributed by atoms with van der Waals surface area (Å²) in [4.78, 5) is 13.0. The van der Waals surface area contributed by atoms with Crippen LogP contribution in [0.25, 0.3) is 5.69 Å². The maximum atomic E-state index is 13.6. The number of carbonyl (C=O) groups is 1. The Kier molecular flexibility index (Phi) is 6.48. The molecule has 1 unspecified atom stereocenters. The van der Waals surface area contributed by atoms with E-state index in [1.165, 1.54) is 22.8 Å². The Labute approximate surface area is 201 Å². The summed E-state index contributed by atoms with van der Waals surface area (Å²) in [6.07, 6.45) is -4.52. The van der Waals surface area contributed by atoms with Gasteiger partial charge < -0.3 is 9.88 Å². The third-order valence-electron chi connectivity index (χ3n) is 5.89. The third-order valence-corrected chi connectivity index (χ3v) is 5.89. The van der Waals surface area contributed by atoms with Gasteiger partial charge in [-0.25, -0.2) is 0 Å². The molecule has 1 atom stereocenters. The molecule has 4 rings (SSSR count). The number of nitrogens with one attached hydrogen (secondary N) is 1. The van der Waals surface area contributed by atoms with Crippen molar-refractivity contribution in [2.75, 3.05) is 5.32 Å². The van der Waals surface area contributed by atoms with Gasteiger partial charge in [0.05, 0.1) is 28.8 Å². The average Bonchev–Trinajstić information content (AvgIpc) is 3.14. The van der Waals surface area contributed by atoms with Gasteiger partial charge in [0.1, 0.15) is 0 Å². The van der Waals surface area contributed by atoms with Gasteiger partial charge in [-0.2, -0.15) is 18.4 Å². The van der Waals surface area contributed by atoms with Crippen LogP contribution in [0.4, 0.5) is 18.9 Å². The number of aryl methyl sites for hydroxylation is 1. The summed E-state index contributed by atoms with van der Waals surface area (Å²) in [6, 6.07) is 25.5. The minimum atomic E-state index is -4.52. The number of halogens is 3. The van der Waals surface area contributed by atoms with Crippen molar-refractivity contribution in [3.8, 4) is 11.8 Å². The smallest absolute Gasteiger partial charge is 0.322 e. The lowest BCUT2D eigenvalue weighted by molar-refractivity contribution is -0.137. The van der Waals surface area contributed by atoms with Crippen LogP contribution in [-0.2, 0) is 6.18 Å². The fourth-order valence-electron chi connectivity index (χ4n) is 4.22. The zero-order chi connectivity index (χ0) is 25.2. The van der Waals surface area contributed by atoms with Crippen molar-refractivity contribution < 1.29 is 18.0 Å². The lowest BCUT2D eigenvalue weighted by atomic mass is 9.92. The number of carbonyl (C=O) groups excluding carboxylic acids is 1. The molecule has 176 valence electrons. The number of nitrogens with zero attached hydrogens (tertiary/aromatic N) is 2. The average molecular weight is 473 g/mol. The monoisotopic (exact) mass is 473 g/mol. The highest BCUT2D eigenvalue weighted by atomic mass is 19.4. The number of nitriles is 1. The first-order chi connectivity index (χ1) is 16.7. The van der Waals surface area contributed by atoms with Crippen LogP contribution in [0.15, 0.2) is 84.9 Å². The highest BCUT2D eigenvalue weighted by molar-refractivity contribution is 6.05. The SMILES string of the molecule is Cc1cc(C(=O)Nc2ccc(C(C#N)c3ccccc3)cc2)c(C)n1-c1ccccc1C(F)(F)F. The fraction of sp³-hybridized carbons (Fsp3) is 0.143. The molecule has 1 amide bonds. The number of benzene rings is 3. The number of hydrogen-bond donors (Lipinski definition) is 1. The quantitative estimate of drug-likeness (QED) is 0.339. The lowest BCUT2D eigenvalue weighted by Crippen LogP contribution is -2.15. The van der Waals surface area contributed by atoms with Crippen LogP contribution in [0.1, 0.15) is 44.4 Å². The second-order valence-electron chi connectivity index (χ2n) is 8.18. The molecule has 1 N–H and O–H groups in total. The molecule has 0 fully saturated rings. The summed E-state index contributed by atoms with van der Waals surface area (Å²) in [5.74, 6) is -0.866. The summed E-state index contributed by atoms with van der Waals surface area (Å²) in [5.41, 5.74) is 2.58. The molecule has 0 aliphatic carbocycles. The highest BCUT2D eigenvalue weighted by Gasteiger charge is 2.34. The van der Waals surface area contributed by atoms with Crippen LogP contribution < -0.4 is 5.32 Å². The molecule has 0 aliphatic heterocycles. The van der Waals surface area contributed by atoms with E-state index in [2.05, 4.69) is 11.4 Å². The van der Waals surface area contributed by atoms with E-state index in [1.807, 2.05) is 30.3 Å². The van der Waals surface area contributed by atoms with Crippen molar-refractivity contribution in [2.24, 2.45) is 0 Å². The van der Waals surface area contributed by atoms with Crippen molar-refractivity contribution >= 4 is 11.6 Å². The Morgan fingerprint density at radius 1 is 0.914 bits per heavy atom. The summed E-state index contributed by atoms with van der Waals surface area (Å²) in [6.45, 7) is 3.28. The summed E-state index contributed by atoms with van der Waals surface area (Å²) in [5, 5.41) is 12.4. The molecule has 7 heteroatoms. The second-order valence-corrected chi connectivity index (χ2v) is 8.18. The van der Waals surface area contributed by atoms with Gasteiger partial charge in [0, 0.05) is 17.1 Å². The fourth-order valence-corrected chi connectivity index (χ4v) is 4.22. The van der Waals surface area contributed by atoms with Crippen LogP contribution in [0, 0.1) is 25.2 Å². The van der Waals surface area contributed by atoms with Gasteiger partial charge in [-0.1, -0.05) is 54.6 Å². The van der Waals surface area contributed by atoms with Gasteiger partial charge >= 0.3 is 6.18 Å². The predicted molar refractivity (Wildman–Crippen MR) is 129 cm³/mol. The number of aromatic nitrogens is 1. The molecule has 0 spiro atoms. The van der Waals surface area contributed by atoms with E-state index in [-0.39, 0.29) is 11.3 Å². The van der Waals surface area contributed by atoms with Crippen LogP contribution in [0.5, 0.6) is 0 Å². The standard InChI is InChI=1S/C28H22F3N3O/c1-18-16-23(19(2)34(18)26-11-7-6-10-25(26)28(29,30)31)27(35)33-22-14-12-21(13-15-22)24(17-32)20-8-4-3-5-9-20/h3-16,24H,1-2H3,(H,33,35). The van der Waals surface area contributed by atoms with Crippen LogP contribution >= 0.6 is 0 Å². The van der Waals surface area contributed by atoms with Crippen LogP contribution in [0.3, 0.4) is 0 Å². The molecule has 0 bridgehead atoms. The van der Waals surface area contributed by atoms with E-state index < -0.39 is 23.6 Å². The van der Waals surface area contributed by atoms with E-state index in [9.17, 15) is 23.2 Å². The van der Waals surface area contributed by atoms with Crippen molar-refractivity contribution in [3.63, 3.8) is 0 Å². The minimum absolute atomic E-state index is 0.0261. The second kappa shape index (κ2) is 9.51. The van der Waals surface area contributed by atoms with Gasteiger partial charge in [0.15, 0.2) is 0 Å². The Bertz CT molecular complexity index is 1400. The van der Waals surface area contributed by atoms with E-state index in [4.69, 9.17) is 0 Å². The zero-order valence-corrected chi connectivity index (χ0v) is 19.1. The first-order valence-electron chi connectivity index (χ1n) is 10.9. The molecule has 4 aromatic rings. The van der Waals surface area contributed by atoms with E-state index in [0.717, 1.165) is 17.2 Å². The highest BCUT2D eigenvalue weighted by Crippen LogP contribution is 2.35. The van der Waals surface area contributed by atoms with Crippen molar-refractivity contribution in [1.29, 1.82) is 5.26 Å². The van der Waals surface area contributed by atoms with Crippen molar-refractivity contribution in [2.45, 2.75) is 25.9 Å². The Morgan fingerprint density at radius 3 is 2.14 bits per heavy atom.